The predicted octanol–water partition coefficient (Wildman–Crippen LogP) is 2.02. The van der Waals surface area contributed by atoms with Crippen molar-refractivity contribution < 1.29 is 9.90 Å². The molecule has 1 atom stereocenters. The molecule has 1 unspecified atom stereocenters. The van der Waals surface area contributed by atoms with Crippen LogP contribution in [0.3, 0.4) is 0 Å². The maximum Gasteiger partial charge on any atom is 0.251 e. The molecule has 1 aromatic carbocycles. The number of nitrogens with zero attached hydrogens (tertiary/aromatic N) is 2. The van der Waals surface area contributed by atoms with Gasteiger partial charge in [-0.05, 0) is 37.5 Å². The molecule has 0 saturated carbocycles. The van der Waals surface area contributed by atoms with Crippen molar-refractivity contribution in [1.29, 1.82) is 0 Å². The van der Waals surface area contributed by atoms with Crippen molar-refractivity contribution in [3.05, 3.63) is 29.6 Å². The molecular weight excluding hydrogens is 266 g/mol. The molecule has 1 aromatic heterocycles. The number of imidazole rings is 1. The first-order valence-corrected chi connectivity index (χ1v) is 7.27. The third-order valence-electron chi connectivity index (χ3n) is 3.61. The SMILES string of the molecule is Cc1nc2cc(C(=O)NCC(O)CC(C)C)ccc2n1C. The Morgan fingerprint density at radius 1 is 1.43 bits per heavy atom. The van der Waals surface area contributed by atoms with Gasteiger partial charge in [0.05, 0.1) is 17.1 Å². The van der Waals surface area contributed by atoms with E-state index < -0.39 is 6.10 Å². The van der Waals surface area contributed by atoms with Gasteiger partial charge in [-0.25, -0.2) is 4.98 Å². The van der Waals surface area contributed by atoms with Crippen LogP contribution in [-0.4, -0.2) is 33.2 Å². The maximum absolute atomic E-state index is 12.1. The Hall–Kier alpha value is -1.88. The molecule has 0 saturated heterocycles. The Morgan fingerprint density at radius 3 is 2.81 bits per heavy atom. The van der Waals surface area contributed by atoms with Crippen LogP contribution in [-0.2, 0) is 7.05 Å². The van der Waals surface area contributed by atoms with Crippen LogP contribution in [0.25, 0.3) is 11.0 Å². The zero-order chi connectivity index (χ0) is 15.6. The standard InChI is InChI=1S/C16H23N3O2/c1-10(2)7-13(20)9-17-16(21)12-5-6-15-14(8-12)18-11(3)19(15)4/h5-6,8,10,13,20H,7,9H2,1-4H3,(H,17,21). The average Bonchev–Trinajstić information content (AvgIpc) is 2.70. The number of carbonyl (C=O) groups is 1. The molecule has 2 aromatic rings. The van der Waals surface area contributed by atoms with E-state index in [0.29, 0.717) is 17.9 Å². The molecule has 2 N–H and O–H groups in total. The summed E-state index contributed by atoms with van der Waals surface area (Å²) < 4.78 is 1.99. The van der Waals surface area contributed by atoms with Crippen LogP contribution in [0.4, 0.5) is 0 Å². The number of benzene rings is 1. The Balaban J connectivity index is 2.06. The summed E-state index contributed by atoms with van der Waals surface area (Å²) in [4.78, 5) is 16.5. The number of hydrogen-bond acceptors (Lipinski definition) is 3. The molecule has 1 heterocycles. The third kappa shape index (κ3) is 3.61. The van der Waals surface area contributed by atoms with Crippen LogP contribution in [0.15, 0.2) is 18.2 Å². The highest BCUT2D eigenvalue weighted by atomic mass is 16.3. The molecule has 5 heteroatoms. The van der Waals surface area contributed by atoms with Crippen LogP contribution < -0.4 is 5.32 Å². The molecule has 21 heavy (non-hydrogen) atoms. The van der Waals surface area contributed by atoms with Gasteiger partial charge in [-0.2, -0.15) is 0 Å². The summed E-state index contributed by atoms with van der Waals surface area (Å²) in [5, 5.41) is 12.6. The van der Waals surface area contributed by atoms with Gasteiger partial charge in [-0.3, -0.25) is 4.79 Å². The summed E-state index contributed by atoms with van der Waals surface area (Å²) in [7, 11) is 1.95. The van der Waals surface area contributed by atoms with Crippen LogP contribution in [0, 0.1) is 12.8 Å². The molecule has 0 aliphatic rings. The van der Waals surface area contributed by atoms with Gasteiger partial charge in [0.2, 0.25) is 0 Å². The smallest absolute Gasteiger partial charge is 0.251 e. The van der Waals surface area contributed by atoms with E-state index >= 15 is 0 Å². The number of fused-ring (bicyclic) bond motifs is 1. The highest BCUT2D eigenvalue weighted by Gasteiger charge is 2.12. The summed E-state index contributed by atoms with van der Waals surface area (Å²) in [6.45, 7) is 6.29. The number of hydrogen-bond donors (Lipinski definition) is 2. The summed E-state index contributed by atoms with van der Waals surface area (Å²) in [6, 6.07) is 5.47. The number of carbonyl (C=O) groups excluding carboxylic acids is 1. The average molecular weight is 289 g/mol. The molecule has 0 radical (unpaired) electrons. The molecule has 114 valence electrons. The largest absolute Gasteiger partial charge is 0.391 e. The zero-order valence-electron chi connectivity index (χ0n) is 13.1. The highest BCUT2D eigenvalue weighted by molar-refractivity contribution is 5.97. The van der Waals surface area contributed by atoms with E-state index in [-0.39, 0.29) is 12.5 Å². The minimum atomic E-state index is -0.505. The second-order valence-corrected chi connectivity index (χ2v) is 5.91. The molecule has 0 fully saturated rings. The van der Waals surface area contributed by atoms with Crippen molar-refractivity contribution in [1.82, 2.24) is 14.9 Å². The van der Waals surface area contributed by atoms with Gasteiger partial charge in [0, 0.05) is 19.2 Å². The second-order valence-electron chi connectivity index (χ2n) is 5.91. The predicted molar refractivity (Wildman–Crippen MR) is 83.2 cm³/mol. The quantitative estimate of drug-likeness (QED) is 0.885. The van der Waals surface area contributed by atoms with Crippen molar-refractivity contribution in [2.24, 2.45) is 13.0 Å². The first-order chi connectivity index (χ1) is 9.88. The zero-order valence-corrected chi connectivity index (χ0v) is 13.1. The van der Waals surface area contributed by atoms with Crippen molar-refractivity contribution in [3.8, 4) is 0 Å². The number of aliphatic hydroxyl groups excluding tert-OH is 1. The number of rotatable bonds is 5. The summed E-state index contributed by atoms with van der Waals surface area (Å²) in [5.74, 6) is 1.14. The van der Waals surface area contributed by atoms with Crippen LogP contribution in [0.5, 0.6) is 0 Å². The van der Waals surface area contributed by atoms with E-state index in [0.717, 1.165) is 16.9 Å². The lowest BCUT2D eigenvalue weighted by Gasteiger charge is -2.13. The Kier molecular flexibility index (Phi) is 4.63. The molecule has 0 spiro atoms. The molecule has 0 bridgehead atoms. The number of aryl methyl sites for hydroxylation is 2. The first-order valence-electron chi connectivity index (χ1n) is 7.27. The third-order valence-corrected chi connectivity index (χ3v) is 3.61. The van der Waals surface area contributed by atoms with E-state index in [1.165, 1.54) is 0 Å². The van der Waals surface area contributed by atoms with E-state index in [2.05, 4.69) is 10.3 Å². The summed E-state index contributed by atoms with van der Waals surface area (Å²) in [6.07, 6.45) is 0.174. The van der Waals surface area contributed by atoms with E-state index in [1.54, 1.807) is 12.1 Å². The fourth-order valence-electron chi connectivity index (χ4n) is 2.40. The van der Waals surface area contributed by atoms with E-state index in [1.807, 2.05) is 38.5 Å². The first kappa shape index (κ1) is 15.5. The van der Waals surface area contributed by atoms with Gasteiger partial charge in [-0.1, -0.05) is 13.8 Å². The molecule has 0 aliphatic heterocycles. The van der Waals surface area contributed by atoms with Gasteiger partial charge in [-0.15, -0.1) is 0 Å². The van der Waals surface area contributed by atoms with E-state index in [4.69, 9.17) is 0 Å². The van der Waals surface area contributed by atoms with Crippen LogP contribution >= 0.6 is 0 Å². The van der Waals surface area contributed by atoms with Crippen LogP contribution in [0.2, 0.25) is 0 Å². The Bertz CT molecular complexity index is 646. The van der Waals surface area contributed by atoms with Crippen molar-refractivity contribution in [3.63, 3.8) is 0 Å². The molecule has 2 rings (SSSR count). The summed E-state index contributed by atoms with van der Waals surface area (Å²) in [5.41, 5.74) is 2.38. The Morgan fingerprint density at radius 2 is 2.14 bits per heavy atom. The molecule has 5 nitrogen and oxygen atoms in total. The van der Waals surface area contributed by atoms with Crippen molar-refractivity contribution >= 4 is 16.9 Å². The number of aliphatic hydroxyl groups is 1. The fourth-order valence-corrected chi connectivity index (χ4v) is 2.40. The maximum atomic E-state index is 12.1. The van der Waals surface area contributed by atoms with Crippen molar-refractivity contribution in [2.75, 3.05) is 6.54 Å². The normalized spacial score (nSPS) is 12.9. The van der Waals surface area contributed by atoms with Crippen molar-refractivity contribution in [2.45, 2.75) is 33.3 Å². The van der Waals surface area contributed by atoms with Crippen LogP contribution in [0.1, 0.15) is 36.5 Å². The highest BCUT2D eigenvalue weighted by Crippen LogP contribution is 2.16. The lowest BCUT2D eigenvalue weighted by atomic mass is 10.1. The topological polar surface area (TPSA) is 67.2 Å². The van der Waals surface area contributed by atoms with Gasteiger partial charge in [0.1, 0.15) is 5.82 Å². The lowest BCUT2D eigenvalue weighted by Crippen LogP contribution is -2.32. The van der Waals surface area contributed by atoms with Gasteiger partial charge in [0.15, 0.2) is 0 Å². The van der Waals surface area contributed by atoms with Gasteiger partial charge < -0.3 is 15.0 Å². The number of nitrogens with one attached hydrogen (secondary N) is 1. The van der Waals surface area contributed by atoms with Gasteiger partial charge in [0.25, 0.3) is 5.91 Å². The Labute approximate surface area is 125 Å². The van der Waals surface area contributed by atoms with Gasteiger partial charge >= 0.3 is 0 Å². The number of amides is 1. The molecular formula is C16H23N3O2. The minimum absolute atomic E-state index is 0.178. The second kappa shape index (κ2) is 6.26. The number of aromatic nitrogens is 2. The molecule has 1 amide bonds. The monoisotopic (exact) mass is 289 g/mol. The lowest BCUT2D eigenvalue weighted by molar-refractivity contribution is 0.0900. The summed E-state index contributed by atoms with van der Waals surface area (Å²) >= 11 is 0. The molecule has 0 aliphatic carbocycles. The minimum Gasteiger partial charge on any atom is -0.391 e. The fraction of sp³-hybridized carbons (Fsp3) is 0.500. The van der Waals surface area contributed by atoms with E-state index in [9.17, 15) is 9.90 Å².